The summed E-state index contributed by atoms with van der Waals surface area (Å²) in [7, 11) is -2.60. The molecule has 1 rings (SSSR count). The Balaban J connectivity index is 2.48. The van der Waals surface area contributed by atoms with Crippen LogP contribution < -0.4 is 0 Å². The second-order valence-corrected chi connectivity index (χ2v) is 9.44. The van der Waals surface area contributed by atoms with Crippen LogP contribution in [0.1, 0.15) is 78.6 Å². The molecule has 150 valence electrons. The maximum Gasteiger partial charge on any atom is 0.501 e. The average molecular weight is 377 g/mol. The van der Waals surface area contributed by atoms with Crippen LogP contribution in [0.5, 0.6) is 0 Å². The minimum absolute atomic E-state index is 0.0147. The lowest BCUT2D eigenvalue weighted by Crippen LogP contribution is -2.47. The molecule has 0 spiro atoms. The second kappa shape index (κ2) is 15.1. The van der Waals surface area contributed by atoms with Gasteiger partial charge in [-0.3, -0.25) is 0 Å². The first kappa shape index (κ1) is 23.1. The molecule has 0 N–H and O–H groups in total. The van der Waals surface area contributed by atoms with Crippen LogP contribution in [0.25, 0.3) is 0 Å². The van der Waals surface area contributed by atoms with E-state index in [0.717, 1.165) is 90.3 Å². The molecule has 0 aromatic rings. The SMILES string of the molecule is CCCCO[Si](CCCOC1CCCO1)(OCCCC)OCCCC. The van der Waals surface area contributed by atoms with Gasteiger partial charge in [-0.2, -0.15) is 0 Å². The van der Waals surface area contributed by atoms with Crippen molar-refractivity contribution in [1.29, 1.82) is 0 Å². The topological polar surface area (TPSA) is 46.2 Å². The predicted octanol–water partition coefficient (Wildman–Crippen LogP) is 4.92. The monoisotopic (exact) mass is 376 g/mol. The van der Waals surface area contributed by atoms with Gasteiger partial charge in [-0.1, -0.05) is 40.0 Å². The zero-order valence-electron chi connectivity index (χ0n) is 16.7. The van der Waals surface area contributed by atoms with Crippen molar-refractivity contribution in [2.45, 2.75) is 90.9 Å². The van der Waals surface area contributed by atoms with Crippen molar-refractivity contribution in [2.24, 2.45) is 0 Å². The van der Waals surface area contributed by atoms with E-state index in [9.17, 15) is 0 Å². The van der Waals surface area contributed by atoms with E-state index in [0.29, 0.717) is 6.61 Å². The molecular formula is C19H40O5Si. The zero-order chi connectivity index (χ0) is 18.2. The Hall–Kier alpha value is 0.0169. The average Bonchev–Trinajstić information content (AvgIpc) is 3.13. The number of unbranched alkanes of at least 4 members (excludes halogenated alkanes) is 3. The summed E-state index contributed by atoms with van der Waals surface area (Å²) in [4.78, 5) is 0. The first-order valence-electron chi connectivity index (χ1n) is 10.4. The molecule has 0 aromatic heterocycles. The van der Waals surface area contributed by atoms with E-state index in [4.69, 9.17) is 22.8 Å². The molecular weight excluding hydrogens is 336 g/mol. The van der Waals surface area contributed by atoms with Gasteiger partial charge in [0, 0.05) is 45.5 Å². The van der Waals surface area contributed by atoms with Crippen molar-refractivity contribution in [1.82, 2.24) is 0 Å². The second-order valence-electron chi connectivity index (χ2n) is 6.71. The quantitative estimate of drug-likeness (QED) is 0.266. The molecule has 25 heavy (non-hydrogen) atoms. The molecule has 6 heteroatoms. The molecule has 0 radical (unpaired) electrons. The first-order valence-corrected chi connectivity index (χ1v) is 12.3. The predicted molar refractivity (Wildman–Crippen MR) is 103 cm³/mol. The van der Waals surface area contributed by atoms with E-state index in [-0.39, 0.29) is 6.29 Å². The Morgan fingerprint density at radius 3 is 1.80 bits per heavy atom. The van der Waals surface area contributed by atoms with Crippen LogP contribution in [-0.4, -0.2) is 48.1 Å². The van der Waals surface area contributed by atoms with Crippen LogP contribution in [0.2, 0.25) is 6.04 Å². The largest absolute Gasteiger partial charge is 0.501 e. The van der Waals surface area contributed by atoms with Gasteiger partial charge < -0.3 is 22.8 Å². The summed E-state index contributed by atoms with van der Waals surface area (Å²) in [6.45, 7) is 10.2. The summed E-state index contributed by atoms with van der Waals surface area (Å²) < 4.78 is 30.1. The van der Waals surface area contributed by atoms with E-state index < -0.39 is 8.80 Å². The molecule has 1 fully saturated rings. The highest BCUT2D eigenvalue weighted by Crippen LogP contribution is 2.21. The highest BCUT2D eigenvalue weighted by molar-refractivity contribution is 6.60. The lowest BCUT2D eigenvalue weighted by molar-refractivity contribution is -0.111. The van der Waals surface area contributed by atoms with Crippen LogP contribution in [0.3, 0.4) is 0 Å². The molecule has 1 aliphatic rings. The number of hydrogen-bond acceptors (Lipinski definition) is 5. The van der Waals surface area contributed by atoms with Crippen molar-refractivity contribution in [3.63, 3.8) is 0 Å². The van der Waals surface area contributed by atoms with Crippen molar-refractivity contribution in [3.05, 3.63) is 0 Å². The van der Waals surface area contributed by atoms with E-state index in [2.05, 4.69) is 20.8 Å². The molecule has 0 saturated carbocycles. The van der Waals surface area contributed by atoms with Gasteiger partial charge >= 0.3 is 8.80 Å². The summed E-state index contributed by atoms with van der Waals surface area (Å²) in [6, 6.07) is 0.830. The molecule has 0 bridgehead atoms. The van der Waals surface area contributed by atoms with Crippen molar-refractivity contribution >= 4 is 8.80 Å². The van der Waals surface area contributed by atoms with Crippen LogP contribution in [0.15, 0.2) is 0 Å². The summed E-state index contributed by atoms with van der Waals surface area (Å²) in [5.74, 6) is 0. The highest BCUT2D eigenvalue weighted by Gasteiger charge is 2.40. The molecule has 1 atom stereocenters. The molecule has 1 heterocycles. The van der Waals surface area contributed by atoms with Crippen LogP contribution in [0, 0.1) is 0 Å². The standard InChI is InChI=1S/C19H40O5Si/c1-4-7-15-22-25(23-16-8-5-2,24-17-9-6-3)18-11-14-21-19-12-10-13-20-19/h19H,4-18H2,1-3H3. The number of rotatable bonds is 17. The minimum Gasteiger partial charge on any atom is -0.373 e. The Morgan fingerprint density at radius 2 is 1.36 bits per heavy atom. The normalized spacial score (nSPS) is 18.1. The van der Waals surface area contributed by atoms with Gasteiger partial charge in [0.05, 0.1) is 0 Å². The Bertz CT molecular complexity index is 271. The third-order valence-corrected chi connectivity index (χ3v) is 7.18. The minimum atomic E-state index is -2.60. The summed E-state index contributed by atoms with van der Waals surface area (Å²) in [5, 5.41) is 0. The molecule has 1 unspecified atom stereocenters. The fraction of sp³-hybridized carbons (Fsp3) is 1.00. The highest BCUT2D eigenvalue weighted by atomic mass is 28.4. The lowest BCUT2D eigenvalue weighted by Gasteiger charge is -2.30. The smallest absolute Gasteiger partial charge is 0.373 e. The van der Waals surface area contributed by atoms with E-state index in [1.54, 1.807) is 0 Å². The molecule has 0 aromatic carbocycles. The van der Waals surface area contributed by atoms with Crippen LogP contribution in [0.4, 0.5) is 0 Å². The van der Waals surface area contributed by atoms with E-state index in [1.807, 2.05) is 0 Å². The molecule has 0 amide bonds. The van der Waals surface area contributed by atoms with E-state index >= 15 is 0 Å². The van der Waals surface area contributed by atoms with Crippen molar-refractivity contribution in [3.8, 4) is 0 Å². The summed E-state index contributed by atoms with van der Waals surface area (Å²) >= 11 is 0. The molecule has 5 nitrogen and oxygen atoms in total. The van der Waals surface area contributed by atoms with Gasteiger partial charge in [-0.05, 0) is 32.1 Å². The Morgan fingerprint density at radius 1 is 0.800 bits per heavy atom. The van der Waals surface area contributed by atoms with Gasteiger partial charge in [0.25, 0.3) is 0 Å². The number of ether oxygens (including phenoxy) is 2. The van der Waals surface area contributed by atoms with Crippen LogP contribution in [-0.2, 0) is 22.8 Å². The molecule has 0 aliphatic carbocycles. The first-order chi connectivity index (χ1) is 12.3. The van der Waals surface area contributed by atoms with Gasteiger partial charge in [-0.15, -0.1) is 0 Å². The maximum atomic E-state index is 6.24. The maximum absolute atomic E-state index is 6.24. The fourth-order valence-electron chi connectivity index (χ4n) is 2.64. The Labute approximate surface area is 156 Å². The van der Waals surface area contributed by atoms with Gasteiger partial charge in [0.1, 0.15) is 0 Å². The van der Waals surface area contributed by atoms with Gasteiger partial charge in [-0.25, -0.2) is 0 Å². The van der Waals surface area contributed by atoms with E-state index in [1.165, 1.54) is 0 Å². The van der Waals surface area contributed by atoms with Gasteiger partial charge in [0.2, 0.25) is 0 Å². The molecule has 1 saturated heterocycles. The van der Waals surface area contributed by atoms with Crippen molar-refractivity contribution < 1.29 is 22.8 Å². The fourth-order valence-corrected chi connectivity index (χ4v) is 5.27. The summed E-state index contributed by atoms with van der Waals surface area (Å²) in [5.41, 5.74) is 0. The Kier molecular flexibility index (Phi) is 13.9. The van der Waals surface area contributed by atoms with Gasteiger partial charge in [0.15, 0.2) is 6.29 Å². The zero-order valence-corrected chi connectivity index (χ0v) is 17.7. The third kappa shape index (κ3) is 10.7. The third-order valence-electron chi connectivity index (χ3n) is 4.28. The summed E-state index contributed by atoms with van der Waals surface area (Å²) in [6.07, 6.45) is 9.51. The lowest BCUT2D eigenvalue weighted by atomic mass is 10.4. The van der Waals surface area contributed by atoms with Crippen LogP contribution >= 0.6 is 0 Å². The van der Waals surface area contributed by atoms with Crippen molar-refractivity contribution in [2.75, 3.05) is 33.0 Å². The molecule has 1 aliphatic heterocycles. The number of hydrogen-bond donors (Lipinski definition) is 0.